The van der Waals surface area contributed by atoms with Crippen LogP contribution in [0.2, 0.25) is 0 Å². The second-order valence-corrected chi connectivity index (χ2v) is 9.82. The normalized spacial score (nSPS) is 25.8. The Bertz CT molecular complexity index is 809. The number of halogens is 1. The zero-order valence-corrected chi connectivity index (χ0v) is 16.8. The van der Waals surface area contributed by atoms with Crippen molar-refractivity contribution >= 4 is 32.9 Å². The summed E-state index contributed by atoms with van der Waals surface area (Å²) in [5.41, 5.74) is 8.29. The Hall–Kier alpha value is -1.27. The molecule has 4 rings (SSSR count). The largest absolute Gasteiger partial charge is 0.378 e. The average Bonchev–Trinajstić information content (AvgIpc) is 3.05. The molecule has 6 heteroatoms. The highest BCUT2D eigenvalue weighted by Gasteiger charge is 2.45. The van der Waals surface area contributed by atoms with Crippen LogP contribution in [0.4, 0.5) is 0 Å². The lowest BCUT2D eigenvalue weighted by atomic mass is 9.77. The lowest BCUT2D eigenvalue weighted by Gasteiger charge is -2.45. The van der Waals surface area contributed by atoms with E-state index >= 15 is 0 Å². The highest BCUT2D eigenvalue weighted by Crippen LogP contribution is 2.52. The van der Waals surface area contributed by atoms with E-state index in [2.05, 4.69) is 56.9 Å². The van der Waals surface area contributed by atoms with E-state index < -0.39 is 0 Å². The number of hydrogen-bond donors (Lipinski definition) is 1. The second-order valence-electron chi connectivity index (χ2n) is 7.42. The van der Waals surface area contributed by atoms with Crippen LogP contribution in [0.15, 0.2) is 46.4 Å². The molecule has 1 aliphatic heterocycles. The number of hydrogen-bond acceptors (Lipinski definition) is 4. The summed E-state index contributed by atoms with van der Waals surface area (Å²) in [5, 5.41) is 0.743. The van der Waals surface area contributed by atoms with Crippen molar-refractivity contribution in [2.24, 2.45) is 10.7 Å². The Morgan fingerprint density at radius 2 is 2.04 bits per heavy atom. The summed E-state index contributed by atoms with van der Waals surface area (Å²) in [6.45, 7) is 2.23. The van der Waals surface area contributed by atoms with E-state index in [4.69, 9.17) is 10.7 Å². The molecule has 0 saturated heterocycles. The van der Waals surface area contributed by atoms with Crippen LogP contribution in [0.25, 0.3) is 5.69 Å². The molecule has 3 heterocycles. The summed E-state index contributed by atoms with van der Waals surface area (Å²) < 4.78 is 3.35. The molecule has 0 aromatic carbocycles. The number of aromatic nitrogens is 2. The van der Waals surface area contributed by atoms with Crippen LogP contribution in [0.5, 0.6) is 0 Å². The molecule has 132 valence electrons. The molecule has 1 fully saturated rings. The quantitative estimate of drug-likeness (QED) is 0.745. The molecule has 2 N–H and O–H groups in total. The van der Waals surface area contributed by atoms with Crippen molar-refractivity contribution in [1.82, 2.24) is 9.55 Å². The van der Waals surface area contributed by atoms with E-state index in [0.717, 1.165) is 21.7 Å². The van der Waals surface area contributed by atoms with Crippen molar-refractivity contribution < 1.29 is 0 Å². The monoisotopic (exact) mass is 418 g/mol. The predicted octanol–water partition coefficient (Wildman–Crippen LogP) is 5.00. The predicted molar refractivity (Wildman–Crippen MR) is 108 cm³/mol. The molecule has 25 heavy (non-hydrogen) atoms. The lowest BCUT2D eigenvalue weighted by molar-refractivity contribution is 0.303. The minimum absolute atomic E-state index is 0.253. The summed E-state index contributed by atoms with van der Waals surface area (Å²) in [4.78, 5) is 9.14. The summed E-state index contributed by atoms with van der Waals surface area (Å²) >= 11 is 5.31. The van der Waals surface area contributed by atoms with Gasteiger partial charge in [-0.3, -0.25) is 9.98 Å². The van der Waals surface area contributed by atoms with Crippen molar-refractivity contribution in [3.63, 3.8) is 0 Å². The van der Waals surface area contributed by atoms with Crippen LogP contribution < -0.4 is 5.73 Å². The number of aliphatic imine (C=N–C) groups is 1. The highest BCUT2D eigenvalue weighted by molar-refractivity contribution is 9.10. The summed E-state index contributed by atoms with van der Waals surface area (Å²) in [6.07, 6.45) is 15.5. The number of thioether (sulfide) groups is 1. The first-order valence-corrected chi connectivity index (χ1v) is 10.4. The number of nitrogens with zero attached hydrogens (tertiary/aromatic N) is 3. The fourth-order valence-electron chi connectivity index (χ4n) is 4.25. The Morgan fingerprint density at radius 3 is 2.80 bits per heavy atom. The van der Waals surface area contributed by atoms with Crippen LogP contribution in [0, 0.1) is 0 Å². The van der Waals surface area contributed by atoms with Gasteiger partial charge in [0, 0.05) is 27.8 Å². The highest BCUT2D eigenvalue weighted by atomic mass is 79.9. The first-order valence-electron chi connectivity index (χ1n) is 8.82. The van der Waals surface area contributed by atoms with Crippen molar-refractivity contribution in [3.05, 3.63) is 47.0 Å². The zero-order chi connectivity index (χ0) is 17.5. The second kappa shape index (κ2) is 6.47. The van der Waals surface area contributed by atoms with Crippen LogP contribution >= 0.6 is 27.7 Å². The van der Waals surface area contributed by atoms with Crippen LogP contribution in [0.3, 0.4) is 0 Å². The van der Waals surface area contributed by atoms with Crippen molar-refractivity contribution in [3.8, 4) is 5.69 Å². The van der Waals surface area contributed by atoms with Gasteiger partial charge in [0.2, 0.25) is 0 Å². The molecular formula is C19H23BrN4S. The summed E-state index contributed by atoms with van der Waals surface area (Å²) in [7, 11) is 0. The van der Waals surface area contributed by atoms with Gasteiger partial charge < -0.3 is 10.3 Å². The summed E-state index contributed by atoms with van der Waals surface area (Å²) in [5.74, 6) is 0. The molecule has 0 amide bonds. The van der Waals surface area contributed by atoms with Crippen molar-refractivity contribution in [2.45, 2.75) is 55.7 Å². The Balaban J connectivity index is 1.67. The first-order chi connectivity index (χ1) is 12.0. The van der Waals surface area contributed by atoms with E-state index in [0.29, 0.717) is 0 Å². The number of rotatable bonds is 2. The Labute approximate surface area is 161 Å². The molecule has 1 atom stereocenters. The number of pyridine rings is 1. The average molecular weight is 419 g/mol. The fraction of sp³-hybridized carbons (Fsp3) is 0.474. The molecule has 1 saturated carbocycles. The van der Waals surface area contributed by atoms with Gasteiger partial charge in [-0.2, -0.15) is 0 Å². The smallest absolute Gasteiger partial charge is 0.155 e. The molecular weight excluding hydrogens is 396 g/mol. The van der Waals surface area contributed by atoms with Crippen LogP contribution in [0.1, 0.15) is 51.0 Å². The molecule has 4 nitrogen and oxygen atoms in total. The van der Waals surface area contributed by atoms with Crippen molar-refractivity contribution in [1.29, 1.82) is 0 Å². The number of nitrogens with two attached hydrogens (primary N) is 1. The lowest BCUT2D eigenvalue weighted by Crippen LogP contribution is -2.43. The van der Waals surface area contributed by atoms with E-state index in [1.807, 2.05) is 18.0 Å². The van der Waals surface area contributed by atoms with E-state index in [9.17, 15) is 0 Å². The van der Waals surface area contributed by atoms with Gasteiger partial charge in [-0.05, 0) is 59.8 Å². The van der Waals surface area contributed by atoms with Gasteiger partial charge in [-0.1, -0.05) is 31.0 Å². The van der Waals surface area contributed by atoms with E-state index in [-0.39, 0.29) is 10.3 Å². The molecule has 2 aliphatic rings. The van der Waals surface area contributed by atoms with Gasteiger partial charge in [-0.15, -0.1) is 0 Å². The van der Waals surface area contributed by atoms with E-state index in [1.165, 1.54) is 37.7 Å². The van der Waals surface area contributed by atoms with Gasteiger partial charge in [0.05, 0.1) is 17.4 Å². The van der Waals surface area contributed by atoms with Gasteiger partial charge in [0.1, 0.15) is 0 Å². The SMILES string of the molecule is CC1(c2ccn(-c3cncc(Br)c3)c2)CC2(CCCCC2)SC(N)=N1. The molecule has 1 unspecified atom stereocenters. The Morgan fingerprint density at radius 1 is 1.24 bits per heavy atom. The maximum atomic E-state index is 6.28. The van der Waals surface area contributed by atoms with Gasteiger partial charge >= 0.3 is 0 Å². The Kier molecular flexibility index (Phi) is 4.44. The molecule has 0 radical (unpaired) electrons. The van der Waals surface area contributed by atoms with Crippen molar-refractivity contribution in [2.75, 3.05) is 0 Å². The topological polar surface area (TPSA) is 56.2 Å². The fourth-order valence-corrected chi connectivity index (χ4v) is 6.14. The third-order valence-electron chi connectivity index (χ3n) is 5.41. The number of amidine groups is 1. The minimum Gasteiger partial charge on any atom is -0.378 e. The molecule has 1 spiro atoms. The first kappa shape index (κ1) is 17.2. The minimum atomic E-state index is -0.253. The standard InChI is InChI=1S/C19H23BrN4S/c1-18(13-19(25-17(21)23-18)6-3-2-4-7-19)14-5-8-24(12-14)16-9-15(20)10-22-11-16/h5,8-12H,2-4,6-7,13H2,1H3,(H2,21,23). The molecule has 1 aliphatic carbocycles. The van der Waals surface area contributed by atoms with E-state index in [1.54, 1.807) is 6.20 Å². The molecule has 2 aromatic rings. The maximum Gasteiger partial charge on any atom is 0.155 e. The van der Waals surface area contributed by atoms with Crippen LogP contribution in [-0.4, -0.2) is 19.5 Å². The van der Waals surface area contributed by atoms with Gasteiger partial charge in [0.15, 0.2) is 5.17 Å². The maximum absolute atomic E-state index is 6.28. The zero-order valence-electron chi connectivity index (χ0n) is 14.4. The summed E-state index contributed by atoms with van der Waals surface area (Å²) in [6, 6.07) is 4.24. The van der Waals surface area contributed by atoms with Gasteiger partial charge in [-0.25, -0.2) is 0 Å². The van der Waals surface area contributed by atoms with Gasteiger partial charge in [0.25, 0.3) is 0 Å². The van der Waals surface area contributed by atoms with Crippen LogP contribution in [-0.2, 0) is 5.54 Å². The third-order valence-corrected chi connectivity index (χ3v) is 7.13. The molecule has 2 aromatic heterocycles. The molecule has 0 bridgehead atoms. The third kappa shape index (κ3) is 3.38.